The molecule has 1 heterocycles. The summed E-state index contributed by atoms with van der Waals surface area (Å²) in [6.45, 7) is 5.20. The van der Waals surface area contributed by atoms with E-state index in [1.54, 1.807) is 0 Å². The van der Waals surface area contributed by atoms with Gasteiger partial charge in [-0.1, -0.05) is 148 Å². The summed E-state index contributed by atoms with van der Waals surface area (Å²) in [6, 6.07) is 8.16. The Balaban J connectivity index is 1.82. The molecule has 2 rings (SSSR count). The normalized spacial score (nSPS) is 14.6. The molecule has 0 atom stereocenters. The number of amides is 1. The number of benzene rings is 1. The number of carbonyl (C=O) groups excluding carboxylic acids is 1. The Morgan fingerprint density at radius 2 is 1.16 bits per heavy atom. The number of unbranched alkanes of at least 4 members (excludes halogenated alkanes) is 18. The quantitative estimate of drug-likeness (QED) is 0.0931. The molecule has 0 aliphatic carbocycles. The van der Waals surface area contributed by atoms with Crippen molar-refractivity contribution in [1.29, 1.82) is 0 Å². The van der Waals surface area contributed by atoms with Crippen LogP contribution in [0.3, 0.4) is 0 Å². The number of carbonyl (C=O) groups is 1. The van der Waals surface area contributed by atoms with Gasteiger partial charge in [-0.2, -0.15) is 0 Å². The van der Waals surface area contributed by atoms with E-state index in [9.17, 15) is 9.90 Å². The van der Waals surface area contributed by atoms with E-state index in [1.807, 2.05) is 23.1 Å². The number of nitrogens with zero attached hydrogens (tertiary/aromatic N) is 2. The molecule has 0 unspecified atom stereocenters. The summed E-state index contributed by atoms with van der Waals surface area (Å²) in [4.78, 5) is 19.8. The number of hydrogen-bond donors (Lipinski definition) is 1. The van der Waals surface area contributed by atoms with Gasteiger partial charge in [0, 0.05) is 12.1 Å². The highest BCUT2D eigenvalue weighted by Crippen LogP contribution is 2.29. The van der Waals surface area contributed by atoms with Gasteiger partial charge < -0.3 is 10.0 Å². The minimum atomic E-state index is -0.186. The second kappa shape index (κ2) is 20.8. The van der Waals surface area contributed by atoms with E-state index >= 15 is 0 Å². The van der Waals surface area contributed by atoms with E-state index in [4.69, 9.17) is 0 Å². The van der Waals surface area contributed by atoms with Gasteiger partial charge in [0.2, 0.25) is 0 Å². The molecule has 1 aliphatic rings. The van der Waals surface area contributed by atoms with Crippen LogP contribution >= 0.6 is 0 Å². The van der Waals surface area contributed by atoms with Crippen molar-refractivity contribution in [3.05, 3.63) is 41.8 Å². The topological polar surface area (TPSA) is 52.9 Å². The molecular weight excluding hydrogens is 468 g/mol. The van der Waals surface area contributed by atoms with Gasteiger partial charge in [0.25, 0.3) is 5.91 Å². The van der Waals surface area contributed by atoms with Crippen LogP contribution in [0, 0.1) is 0 Å². The van der Waals surface area contributed by atoms with E-state index in [2.05, 4.69) is 24.9 Å². The summed E-state index contributed by atoms with van der Waals surface area (Å²) < 4.78 is 0. The number of rotatable bonds is 22. The predicted octanol–water partition coefficient (Wildman–Crippen LogP) is 10.5. The van der Waals surface area contributed by atoms with Gasteiger partial charge in [-0.25, -0.2) is 4.99 Å². The fourth-order valence-electron chi connectivity index (χ4n) is 5.49. The Hall–Kier alpha value is -2.10. The van der Waals surface area contributed by atoms with Crippen molar-refractivity contribution < 1.29 is 9.90 Å². The number of fused-ring (bicyclic) bond motifs is 1. The minimum Gasteiger partial charge on any atom is -0.513 e. The fourth-order valence-corrected chi connectivity index (χ4v) is 5.49. The molecule has 214 valence electrons. The van der Waals surface area contributed by atoms with Gasteiger partial charge in [0.1, 0.15) is 6.26 Å². The molecular formula is C34H56N2O2. The average Bonchev–Trinajstić information content (AvgIpc) is 3.05. The molecule has 1 aromatic rings. The van der Waals surface area contributed by atoms with E-state index in [0.717, 1.165) is 48.9 Å². The van der Waals surface area contributed by atoms with Crippen LogP contribution in [0.4, 0.5) is 5.69 Å². The number of benzodiazepines with no additional fused rings is 1. The van der Waals surface area contributed by atoms with E-state index < -0.39 is 0 Å². The monoisotopic (exact) mass is 524 g/mol. The zero-order valence-electron chi connectivity index (χ0n) is 24.7. The van der Waals surface area contributed by atoms with Crippen LogP contribution in [-0.4, -0.2) is 23.3 Å². The third-order valence-corrected chi connectivity index (χ3v) is 7.85. The number of aliphatic hydroxyl groups excluding tert-OH is 1. The number of para-hydroxylation sites is 1. The van der Waals surface area contributed by atoms with Crippen molar-refractivity contribution in [2.45, 2.75) is 149 Å². The predicted molar refractivity (Wildman–Crippen MR) is 164 cm³/mol. The lowest BCUT2D eigenvalue weighted by atomic mass is 10.00. The van der Waals surface area contributed by atoms with E-state index in [0.29, 0.717) is 6.54 Å². The minimum absolute atomic E-state index is 0.162. The molecule has 0 spiro atoms. The maximum Gasteiger partial charge on any atom is 0.280 e. The summed E-state index contributed by atoms with van der Waals surface area (Å²) >= 11 is 0. The van der Waals surface area contributed by atoms with Crippen LogP contribution in [0.5, 0.6) is 0 Å². The summed E-state index contributed by atoms with van der Waals surface area (Å²) in [6.07, 6.45) is 27.4. The third-order valence-electron chi connectivity index (χ3n) is 7.85. The van der Waals surface area contributed by atoms with Crippen LogP contribution in [0.25, 0.3) is 0 Å². The molecule has 1 N–H and O–H groups in total. The first kappa shape index (κ1) is 32.1. The van der Waals surface area contributed by atoms with E-state index in [1.165, 1.54) is 109 Å². The van der Waals surface area contributed by atoms with Gasteiger partial charge in [0.05, 0.1) is 11.4 Å². The number of anilines is 1. The molecule has 0 aromatic heterocycles. The zero-order valence-corrected chi connectivity index (χ0v) is 24.7. The second-order valence-electron chi connectivity index (χ2n) is 11.2. The molecule has 0 fully saturated rings. The molecule has 0 radical (unpaired) electrons. The molecule has 0 bridgehead atoms. The number of aliphatic imine (C=N–C) groups is 1. The average molecular weight is 525 g/mol. The first-order valence-corrected chi connectivity index (χ1v) is 16.1. The summed E-state index contributed by atoms with van der Waals surface area (Å²) in [5.74, 6) is -0.186. The fraction of sp³-hybridized carbons (Fsp3) is 0.706. The van der Waals surface area contributed by atoms with Crippen molar-refractivity contribution in [3.8, 4) is 0 Å². The summed E-state index contributed by atoms with van der Waals surface area (Å²) in [5.41, 5.74) is 3.08. The largest absolute Gasteiger partial charge is 0.513 e. The highest BCUT2D eigenvalue weighted by Gasteiger charge is 2.27. The van der Waals surface area contributed by atoms with Crippen molar-refractivity contribution in [2.24, 2.45) is 4.99 Å². The number of aliphatic hydroxyl groups is 1. The molecule has 4 nitrogen and oxygen atoms in total. The molecule has 1 aromatic carbocycles. The van der Waals surface area contributed by atoms with Crippen LogP contribution < -0.4 is 4.90 Å². The van der Waals surface area contributed by atoms with Crippen LogP contribution in [0.15, 0.2) is 41.2 Å². The zero-order chi connectivity index (χ0) is 27.3. The molecule has 0 saturated heterocycles. The maximum atomic E-state index is 13.3. The van der Waals surface area contributed by atoms with Crippen molar-refractivity contribution in [2.75, 3.05) is 11.4 Å². The van der Waals surface area contributed by atoms with Gasteiger partial charge in [-0.3, -0.25) is 4.79 Å². The Bertz CT molecular complexity index is 830. The Morgan fingerprint density at radius 3 is 1.68 bits per heavy atom. The highest BCUT2D eigenvalue weighted by atomic mass is 16.2. The van der Waals surface area contributed by atoms with Crippen molar-refractivity contribution in [3.63, 3.8) is 0 Å². The SMILES string of the molecule is CCCCCCCCCCCCC1=N/C(=C/O)C(=O)N(CCCCCCCCCCCC)c2ccccc21. The molecule has 1 amide bonds. The molecule has 38 heavy (non-hydrogen) atoms. The number of hydrogen-bond acceptors (Lipinski definition) is 3. The first-order chi connectivity index (χ1) is 18.7. The smallest absolute Gasteiger partial charge is 0.280 e. The standard InChI is InChI=1S/C34H56N2O2/c1-3-5-7-9-11-13-15-17-19-21-26-31-30-25-22-23-27-33(30)36(34(38)32(29-37)35-31)28-24-20-18-16-14-12-10-8-6-4-2/h22-23,25,27,29,37H,3-21,24,26,28H2,1-2H3/b32-29+. The Morgan fingerprint density at radius 1 is 0.684 bits per heavy atom. The Kier molecular flexibility index (Phi) is 17.6. The van der Waals surface area contributed by atoms with Crippen LogP contribution in [0.2, 0.25) is 0 Å². The lowest BCUT2D eigenvalue weighted by Crippen LogP contribution is -2.32. The van der Waals surface area contributed by atoms with Crippen LogP contribution in [0.1, 0.15) is 154 Å². The lowest BCUT2D eigenvalue weighted by Gasteiger charge is -2.23. The molecule has 1 aliphatic heterocycles. The second-order valence-corrected chi connectivity index (χ2v) is 11.2. The van der Waals surface area contributed by atoms with Gasteiger partial charge in [-0.05, 0) is 25.3 Å². The molecule has 4 heteroatoms. The van der Waals surface area contributed by atoms with Gasteiger partial charge in [0.15, 0.2) is 5.70 Å². The first-order valence-electron chi connectivity index (χ1n) is 16.1. The van der Waals surface area contributed by atoms with Crippen molar-refractivity contribution >= 4 is 17.3 Å². The van der Waals surface area contributed by atoms with Gasteiger partial charge in [-0.15, -0.1) is 0 Å². The molecule has 0 saturated carbocycles. The van der Waals surface area contributed by atoms with Crippen LogP contribution in [-0.2, 0) is 4.79 Å². The van der Waals surface area contributed by atoms with Crippen molar-refractivity contribution in [1.82, 2.24) is 0 Å². The third kappa shape index (κ3) is 12.2. The summed E-state index contributed by atoms with van der Waals surface area (Å²) in [5, 5.41) is 9.88. The summed E-state index contributed by atoms with van der Waals surface area (Å²) in [7, 11) is 0. The van der Waals surface area contributed by atoms with Gasteiger partial charge >= 0.3 is 0 Å². The van der Waals surface area contributed by atoms with E-state index in [-0.39, 0.29) is 11.6 Å². The lowest BCUT2D eigenvalue weighted by molar-refractivity contribution is -0.115. The maximum absolute atomic E-state index is 13.3. The highest BCUT2D eigenvalue weighted by molar-refractivity contribution is 6.16. The Labute approximate surface area is 234 Å².